The van der Waals surface area contributed by atoms with Gasteiger partial charge in [-0.3, -0.25) is 0 Å². The third-order valence-electron chi connectivity index (χ3n) is 3.22. The average Bonchev–Trinajstić information content (AvgIpc) is 2.92. The van der Waals surface area contributed by atoms with Gasteiger partial charge in [0.2, 0.25) is 0 Å². The number of thioether (sulfide) groups is 1. The fourth-order valence-electron chi connectivity index (χ4n) is 2.08. The van der Waals surface area contributed by atoms with Crippen molar-refractivity contribution in [2.75, 3.05) is 0 Å². The molecule has 5 nitrogen and oxygen atoms in total. The molecule has 0 fully saturated rings. The average molecular weight is 308 g/mol. The van der Waals surface area contributed by atoms with E-state index < -0.39 is 5.97 Å². The minimum atomic E-state index is -0.432. The first kappa shape index (κ1) is 15.9. The summed E-state index contributed by atoms with van der Waals surface area (Å²) in [6, 6.07) is 7.51. The molecule has 0 saturated heterocycles. The molecule has 0 radical (unpaired) electrons. The van der Waals surface area contributed by atoms with Gasteiger partial charge < -0.3 is 9.25 Å². The number of fused-ring (bicyclic) bond motifs is 1. The van der Waals surface area contributed by atoms with Crippen LogP contribution in [0.4, 0.5) is 0 Å². The Balaban J connectivity index is 2.01. The molecule has 0 aliphatic rings. The van der Waals surface area contributed by atoms with Gasteiger partial charge in [-0.15, -0.1) is 0 Å². The summed E-state index contributed by atoms with van der Waals surface area (Å²) in [7, 11) is 0. The predicted octanol–water partition coefficient (Wildman–Crippen LogP) is 3.68. The Morgan fingerprint density at radius 1 is 1.38 bits per heavy atom. The molecule has 0 saturated carbocycles. The molecule has 1 atom stereocenters. The van der Waals surface area contributed by atoms with Gasteiger partial charge in [-0.25, -0.2) is 9.78 Å². The number of carbonyl (C=O) groups is 1. The van der Waals surface area contributed by atoms with Crippen molar-refractivity contribution in [1.82, 2.24) is 4.98 Å². The van der Waals surface area contributed by atoms with Crippen molar-refractivity contribution in [3.05, 3.63) is 24.3 Å². The van der Waals surface area contributed by atoms with Crippen LogP contribution < -0.4 is 5.90 Å². The number of oxazole rings is 1. The molecule has 2 N–H and O–H groups in total. The molecule has 0 spiro atoms. The summed E-state index contributed by atoms with van der Waals surface area (Å²) in [5.41, 5.74) is 1.50. The fourth-order valence-corrected chi connectivity index (χ4v) is 3.05. The molecular weight excluding hydrogens is 288 g/mol. The Morgan fingerprint density at radius 2 is 2.19 bits per heavy atom. The number of hydrogen-bond acceptors (Lipinski definition) is 6. The van der Waals surface area contributed by atoms with Crippen LogP contribution in [0, 0.1) is 0 Å². The number of carbonyl (C=O) groups excluding carboxylic acids is 1. The van der Waals surface area contributed by atoms with Crippen LogP contribution in [0.5, 0.6) is 0 Å². The van der Waals surface area contributed by atoms with E-state index >= 15 is 0 Å². The van der Waals surface area contributed by atoms with E-state index in [0.717, 1.165) is 31.2 Å². The van der Waals surface area contributed by atoms with Gasteiger partial charge in [-0.2, -0.15) is 5.90 Å². The summed E-state index contributed by atoms with van der Waals surface area (Å²) in [6.45, 7) is 2.15. The zero-order chi connectivity index (χ0) is 15.1. The molecule has 0 aliphatic heterocycles. The third kappa shape index (κ3) is 4.47. The van der Waals surface area contributed by atoms with Crippen molar-refractivity contribution < 1.29 is 14.0 Å². The first-order valence-electron chi connectivity index (χ1n) is 7.17. The molecule has 0 amide bonds. The van der Waals surface area contributed by atoms with E-state index in [1.807, 2.05) is 24.3 Å². The van der Waals surface area contributed by atoms with E-state index in [2.05, 4.69) is 16.7 Å². The van der Waals surface area contributed by atoms with Gasteiger partial charge in [0.15, 0.2) is 5.58 Å². The topological polar surface area (TPSA) is 78.3 Å². The lowest BCUT2D eigenvalue weighted by molar-refractivity contribution is -0.143. The van der Waals surface area contributed by atoms with Crippen LogP contribution in [0.3, 0.4) is 0 Å². The van der Waals surface area contributed by atoms with Gasteiger partial charge in [0.05, 0.1) is 0 Å². The highest BCUT2D eigenvalue weighted by Crippen LogP contribution is 2.29. The molecule has 21 heavy (non-hydrogen) atoms. The Morgan fingerprint density at radius 3 is 2.90 bits per heavy atom. The third-order valence-corrected chi connectivity index (χ3v) is 4.31. The second kappa shape index (κ2) is 8.05. The Labute approximate surface area is 128 Å². The zero-order valence-electron chi connectivity index (χ0n) is 12.1. The minimum absolute atomic E-state index is 0.375. The van der Waals surface area contributed by atoms with Gasteiger partial charge in [-0.05, 0) is 18.6 Å². The van der Waals surface area contributed by atoms with Crippen molar-refractivity contribution >= 4 is 28.8 Å². The summed E-state index contributed by atoms with van der Waals surface area (Å²) in [6.07, 6.45) is 5.08. The van der Waals surface area contributed by atoms with Gasteiger partial charge in [0.1, 0.15) is 10.8 Å². The second-order valence-electron chi connectivity index (χ2n) is 4.84. The summed E-state index contributed by atoms with van der Waals surface area (Å²) in [5, 5.41) is 0.0991. The number of hydrogen-bond donors (Lipinski definition) is 1. The molecule has 0 bridgehead atoms. The SMILES string of the molecule is CCCCCCC(Sc1nc2ccccc2o1)C(=O)ON. The van der Waals surface area contributed by atoms with E-state index in [-0.39, 0.29) is 5.25 Å². The van der Waals surface area contributed by atoms with E-state index in [9.17, 15) is 4.79 Å². The summed E-state index contributed by atoms with van der Waals surface area (Å²) in [5.74, 6) is 4.59. The number of rotatable bonds is 8. The Kier molecular flexibility index (Phi) is 6.07. The van der Waals surface area contributed by atoms with Crippen LogP contribution in [0.1, 0.15) is 39.0 Å². The molecule has 6 heteroatoms. The van der Waals surface area contributed by atoms with E-state index in [1.54, 1.807) is 0 Å². The predicted molar refractivity (Wildman–Crippen MR) is 82.7 cm³/mol. The molecule has 2 aromatic rings. The van der Waals surface area contributed by atoms with Crippen LogP contribution in [0.2, 0.25) is 0 Å². The quantitative estimate of drug-likeness (QED) is 0.455. The van der Waals surface area contributed by atoms with Gasteiger partial charge in [0, 0.05) is 0 Å². The maximum atomic E-state index is 11.8. The fraction of sp³-hybridized carbons (Fsp3) is 0.467. The normalized spacial score (nSPS) is 12.5. The van der Waals surface area contributed by atoms with Gasteiger partial charge in [-0.1, -0.05) is 56.5 Å². The molecule has 1 heterocycles. The lowest BCUT2D eigenvalue weighted by atomic mass is 10.1. The van der Waals surface area contributed by atoms with Crippen molar-refractivity contribution in [2.45, 2.75) is 49.5 Å². The smallest absolute Gasteiger partial charge is 0.338 e. The highest BCUT2D eigenvalue weighted by molar-refractivity contribution is 8.00. The van der Waals surface area contributed by atoms with Crippen molar-refractivity contribution in [1.29, 1.82) is 0 Å². The zero-order valence-corrected chi connectivity index (χ0v) is 12.9. The van der Waals surface area contributed by atoms with Gasteiger partial charge >= 0.3 is 5.97 Å². The van der Waals surface area contributed by atoms with E-state index in [4.69, 9.17) is 10.3 Å². The number of para-hydroxylation sites is 2. The number of nitrogens with zero attached hydrogens (tertiary/aromatic N) is 1. The number of aromatic nitrogens is 1. The second-order valence-corrected chi connectivity index (χ2v) is 5.99. The summed E-state index contributed by atoms with van der Waals surface area (Å²) >= 11 is 1.27. The van der Waals surface area contributed by atoms with Crippen LogP contribution in [-0.2, 0) is 9.63 Å². The monoisotopic (exact) mass is 308 g/mol. The summed E-state index contributed by atoms with van der Waals surface area (Å²) in [4.78, 5) is 20.5. The highest BCUT2D eigenvalue weighted by Gasteiger charge is 2.23. The van der Waals surface area contributed by atoms with Crippen molar-refractivity contribution in [2.24, 2.45) is 5.90 Å². The standard InChI is InChI=1S/C15H20N2O3S/c1-2-3-4-5-10-13(14(18)20-16)21-15-17-11-8-6-7-9-12(11)19-15/h6-9,13H,2-5,10,16H2,1H3. The number of unbranched alkanes of at least 4 members (excludes halogenated alkanes) is 3. The maximum absolute atomic E-state index is 11.8. The maximum Gasteiger partial charge on any atom is 0.338 e. The molecule has 2 rings (SSSR count). The van der Waals surface area contributed by atoms with E-state index in [0.29, 0.717) is 17.2 Å². The molecular formula is C15H20N2O3S. The van der Waals surface area contributed by atoms with Crippen molar-refractivity contribution in [3.63, 3.8) is 0 Å². The van der Waals surface area contributed by atoms with Crippen LogP contribution in [0.25, 0.3) is 11.1 Å². The first-order valence-corrected chi connectivity index (χ1v) is 8.05. The number of benzene rings is 1. The van der Waals surface area contributed by atoms with Gasteiger partial charge in [0.25, 0.3) is 5.22 Å². The minimum Gasteiger partial charge on any atom is -0.431 e. The molecule has 1 aromatic heterocycles. The highest BCUT2D eigenvalue weighted by atomic mass is 32.2. The molecule has 0 aliphatic carbocycles. The number of nitrogens with two attached hydrogens (primary N) is 1. The van der Waals surface area contributed by atoms with Crippen LogP contribution in [0.15, 0.2) is 33.9 Å². The first-order chi connectivity index (χ1) is 10.2. The Hall–Kier alpha value is -1.53. The molecule has 1 aromatic carbocycles. The van der Waals surface area contributed by atoms with Crippen molar-refractivity contribution in [3.8, 4) is 0 Å². The lowest BCUT2D eigenvalue weighted by Gasteiger charge is -2.11. The molecule has 114 valence electrons. The molecule has 1 unspecified atom stereocenters. The summed E-state index contributed by atoms with van der Waals surface area (Å²) < 4.78 is 5.62. The van der Waals surface area contributed by atoms with Crippen LogP contribution >= 0.6 is 11.8 Å². The lowest BCUT2D eigenvalue weighted by Crippen LogP contribution is -2.23. The van der Waals surface area contributed by atoms with E-state index in [1.165, 1.54) is 11.8 Å². The largest absolute Gasteiger partial charge is 0.431 e. The Bertz CT molecular complexity index is 552. The van der Waals surface area contributed by atoms with Crippen LogP contribution in [-0.4, -0.2) is 16.2 Å².